The zero-order valence-corrected chi connectivity index (χ0v) is 12.3. The van der Waals surface area contributed by atoms with Gasteiger partial charge in [0.25, 0.3) is 0 Å². The van der Waals surface area contributed by atoms with Crippen LogP contribution >= 0.6 is 11.3 Å². The number of carbonyl (C=O) groups excluding carboxylic acids is 1. The molecule has 2 aromatic heterocycles. The van der Waals surface area contributed by atoms with E-state index in [0.717, 1.165) is 21.7 Å². The summed E-state index contributed by atoms with van der Waals surface area (Å²) < 4.78 is 5.16. The van der Waals surface area contributed by atoms with Crippen molar-refractivity contribution in [2.45, 2.75) is 13.3 Å². The standard InChI is InChI=1S/C16H14N2O2S/c1-2-13(19)17-16-18-14(11-6-4-3-5-7-11)15(21-16)12-8-9-20-10-12/h3-10H,2H2,1H3,(H,17,18,19). The summed E-state index contributed by atoms with van der Waals surface area (Å²) in [6, 6.07) is 11.8. The molecule has 0 saturated carbocycles. The van der Waals surface area contributed by atoms with Crippen LogP contribution in [-0.4, -0.2) is 10.9 Å². The van der Waals surface area contributed by atoms with E-state index in [1.54, 1.807) is 12.5 Å². The fourth-order valence-electron chi connectivity index (χ4n) is 1.96. The van der Waals surface area contributed by atoms with Crippen LogP contribution in [-0.2, 0) is 4.79 Å². The number of carbonyl (C=O) groups is 1. The Kier molecular flexibility index (Phi) is 3.83. The number of thiazole rings is 1. The first-order valence-electron chi connectivity index (χ1n) is 6.66. The summed E-state index contributed by atoms with van der Waals surface area (Å²) in [5.74, 6) is -0.0397. The van der Waals surface area contributed by atoms with Gasteiger partial charge >= 0.3 is 0 Å². The molecule has 0 saturated heterocycles. The molecule has 21 heavy (non-hydrogen) atoms. The van der Waals surface area contributed by atoms with E-state index in [0.29, 0.717) is 11.6 Å². The van der Waals surface area contributed by atoms with Crippen LogP contribution in [0.4, 0.5) is 5.13 Å². The Morgan fingerprint density at radius 2 is 2.05 bits per heavy atom. The molecule has 3 rings (SSSR count). The molecule has 0 atom stereocenters. The van der Waals surface area contributed by atoms with Crippen LogP contribution in [0.5, 0.6) is 0 Å². The van der Waals surface area contributed by atoms with Gasteiger partial charge in [0, 0.05) is 17.5 Å². The van der Waals surface area contributed by atoms with Crippen LogP contribution in [0.1, 0.15) is 13.3 Å². The molecular weight excluding hydrogens is 284 g/mol. The fraction of sp³-hybridized carbons (Fsp3) is 0.125. The first kappa shape index (κ1) is 13.6. The van der Waals surface area contributed by atoms with Crippen LogP contribution in [0.25, 0.3) is 21.7 Å². The Bertz CT molecular complexity index is 733. The van der Waals surface area contributed by atoms with Crippen LogP contribution in [0.2, 0.25) is 0 Å². The highest BCUT2D eigenvalue weighted by atomic mass is 32.1. The minimum absolute atomic E-state index is 0.0397. The third-order valence-corrected chi connectivity index (χ3v) is 4.05. The first-order chi connectivity index (χ1) is 10.3. The number of hydrogen-bond acceptors (Lipinski definition) is 4. The highest BCUT2D eigenvalue weighted by molar-refractivity contribution is 7.19. The quantitative estimate of drug-likeness (QED) is 0.775. The molecule has 4 nitrogen and oxygen atoms in total. The van der Waals surface area contributed by atoms with Crippen LogP contribution < -0.4 is 5.32 Å². The fourth-order valence-corrected chi connectivity index (χ4v) is 2.95. The maximum Gasteiger partial charge on any atom is 0.225 e. The topological polar surface area (TPSA) is 55.1 Å². The van der Waals surface area contributed by atoms with E-state index >= 15 is 0 Å². The number of nitrogens with zero attached hydrogens (tertiary/aromatic N) is 1. The minimum Gasteiger partial charge on any atom is -0.472 e. The van der Waals surface area contributed by atoms with Gasteiger partial charge in [0.15, 0.2) is 5.13 Å². The lowest BCUT2D eigenvalue weighted by Gasteiger charge is -1.99. The van der Waals surface area contributed by atoms with E-state index in [4.69, 9.17) is 4.42 Å². The first-order valence-corrected chi connectivity index (χ1v) is 7.48. The molecule has 1 amide bonds. The smallest absolute Gasteiger partial charge is 0.225 e. The molecule has 5 heteroatoms. The van der Waals surface area contributed by atoms with Gasteiger partial charge in [-0.1, -0.05) is 48.6 Å². The van der Waals surface area contributed by atoms with Gasteiger partial charge in [-0.15, -0.1) is 0 Å². The van der Waals surface area contributed by atoms with E-state index in [1.807, 2.05) is 43.3 Å². The van der Waals surface area contributed by atoms with Gasteiger partial charge in [0.05, 0.1) is 23.1 Å². The van der Waals surface area contributed by atoms with Crippen molar-refractivity contribution in [2.75, 3.05) is 5.32 Å². The van der Waals surface area contributed by atoms with Crippen LogP contribution in [0.15, 0.2) is 53.3 Å². The highest BCUT2D eigenvalue weighted by Gasteiger charge is 2.16. The molecular formula is C16H14N2O2S. The zero-order valence-electron chi connectivity index (χ0n) is 11.5. The maximum absolute atomic E-state index is 11.6. The van der Waals surface area contributed by atoms with Crippen molar-refractivity contribution in [3.05, 3.63) is 48.9 Å². The van der Waals surface area contributed by atoms with Crippen molar-refractivity contribution in [1.29, 1.82) is 0 Å². The molecule has 2 heterocycles. The second kappa shape index (κ2) is 5.93. The van der Waals surface area contributed by atoms with E-state index in [9.17, 15) is 4.79 Å². The summed E-state index contributed by atoms with van der Waals surface area (Å²) in [6.07, 6.45) is 3.75. The van der Waals surface area contributed by atoms with Crippen molar-refractivity contribution in [1.82, 2.24) is 4.98 Å². The maximum atomic E-state index is 11.6. The molecule has 0 bridgehead atoms. The second-order valence-electron chi connectivity index (χ2n) is 4.48. The molecule has 0 aliphatic carbocycles. The summed E-state index contributed by atoms with van der Waals surface area (Å²) in [6.45, 7) is 1.82. The van der Waals surface area contributed by atoms with E-state index in [-0.39, 0.29) is 5.91 Å². The van der Waals surface area contributed by atoms with Crippen LogP contribution in [0.3, 0.4) is 0 Å². The van der Waals surface area contributed by atoms with E-state index in [1.165, 1.54) is 11.3 Å². The number of aromatic nitrogens is 1. The second-order valence-corrected chi connectivity index (χ2v) is 5.48. The van der Waals surface area contributed by atoms with Gasteiger partial charge in [0.2, 0.25) is 5.91 Å². The predicted molar refractivity (Wildman–Crippen MR) is 84.2 cm³/mol. The summed E-state index contributed by atoms with van der Waals surface area (Å²) in [7, 11) is 0. The highest BCUT2D eigenvalue weighted by Crippen LogP contribution is 2.39. The Balaban J connectivity index is 2.06. The Morgan fingerprint density at radius 1 is 1.24 bits per heavy atom. The number of amides is 1. The zero-order chi connectivity index (χ0) is 14.7. The average Bonchev–Trinajstić information content (AvgIpc) is 3.16. The van der Waals surface area contributed by atoms with Crippen LogP contribution in [0, 0.1) is 0 Å². The van der Waals surface area contributed by atoms with Gasteiger partial charge in [0.1, 0.15) is 0 Å². The van der Waals surface area contributed by atoms with Gasteiger partial charge in [-0.2, -0.15) is 0 Å². The van der Waals surface area contributed by atoms with E-state index in [2.05, 4.69) is 10.3 Å². The Labute approximate surface area is 126 Å². The van der Waals surface area contributed by atoms with Gasteiger partial charge in [-0.25, -0.2) is 4.98 Å². The summed E-state index contributed by atoms with van der Waals surface area (Å²) in [4.78, 5) is 17.1. The molecule has 0 unspecified atom stereocenters. The summed E-state index contributed by atoms with van der Waals surface area (Å²) >= 11 is 1.45. The number of hydrogen-bond donors (Lipinski definition) is 1. The molecule has 0 aliphatic rings. The lowest BCUT2D eigenvalue weighted by molar-refractivity contribution is -0.115. The van der Waals surface area contributed by atoms with E-state index < -0.39 is 0 Å². The molecule has 3 aromatic rings. The molecule has 0 fully saturated rings. The molecule has 0 aliphatic heterocycles. The van der Waals surface area contributed by atoms with Crippen molar-refractivity contribution in [3.8, 4) is 21.7 Å². The largest absolute Gasteiger partial charge is 0.472 e. The van der Waals surface area contributed by atoms with Gasteiger partial charge in [-0.3, -0.25) is 4.79 Å². The minimum atomic E-state index is -0.0397. The molecule has 1 N–H and O–H groups in total. The monoisotopic (exact) mass is 298 g/mol. The normalized spacial score (nSPS) is 10.5. The number of furan rings is 1. The molecule has 1 aromatic carbocycles. The average molecular weight is 298 g/mol. The van der Waals surface area contributed by atoms with Gasteiger partial charge < -0.3 is 9.73 Å². The van der Waals surface area contributed by atoms with Crippen molar-refractivity contribution >= 4 is 22.4 Å². The predicted octanol–water partition coefficient (Wildman–Crippen LogP) is 4.42. The van der Waals surface area contributed by atoms with Gasteiger partial charge in [-0.05, 0) is 6.07 Å². The summed E-state index contributed by atoms with van der Waals surface area (Å²) in [5, 5.41) is 3.43. The van der Waals surface area contributed by atoms with Crippen molar-refractivity contribution < 1.29 is 9.21 Å². The summed E-state index contributed by atoms with van der Waals surface area (Å²) in [5.41, 5.74) is 2.83. The lowest BCUT2D eigenvalue weighted by Crippen LogP contribution is -2.08. The third kappa shape index (κ3) is 2.87. The number of nitrogens with one attached hydrogen (secondary N) is 1. The molecule has 0 spiro atoms. The van der Waals surface area contributed by atoms with Crippen molar-refractivity contribution in [3.63, 3.8) is 0 Å². The van der Waals surface area contributed by atoms with Crippen molar-refractivity contribution in [2.24, 2.45) is 0 Å². The third-order valence-electron chi connectivity index (χ3n) is 3.03. The number of anilines is 1. The number of rotatable bonds is 4. The SMILES string of the molecule is CCC(=O)Nc1nc(-c2ccccc2)c(-c2ccoc2)s1. The molecule has 106 valence electrons. The lowest BCUT2D eigenvalue weighted by atomic mass is 10.1. The Hall–Kier alpha value is -2.40. The molecule has 0 radical (unpaired) electrons. The number of benzene rings is 1. The Morgan fingerprint density at radius 3 is 2.71 bits per heavy atom.